The zero-order valence-electron chi connectivity index (χ0n) is 6.63. The van der Waals surface area contributed by atoms with Gasteiger partial charge in [-0.3, -0.25) is 0 Å². The van der Waals surface area contributed by atoms with E-state index in [1.165, 1.54) is 0 Å². The maximum absolute atomic E-state index is 8.24. The molecule has 0 aromatic rings. The van der Waals surface area contributed by atoms with Gasteiger partial charge in [0.25, 0.3) is 0 Å². The van der Waals surface area contributed by atoms with Crippen LogP contribution in [-0.2, 0) is 21.1 Å². The van der Waals surface area contributed by atoms with Crippen LogP contribution >= 0.6 is 0 Å². The van der Waals surface area contributed by atoms with Crippen LogP contribution in [0, 0.1) is 0 Å². The second-order valence-corrected chi connectivity index (χ2v) is 1.08. The fourth-order valence-corrected chi connectivity index (χ4v) is 0. The van der Waals surface area contributed by atoms with Crippen LogP contribution in [0.15, 0.2) is 0 Å². The average molecular weight is 378 g/mol. The fraction of sp³-hybridized carbons (Fsp3) is 1.00. The van der Waals surface area contributed by atoms with Crippen LogP contribution in [0.5, 0.6) is 0 Å². The van der Waals surface area contributed by atoms with Crippen molar-refractivity contribution in [2.45, 2.75) is 13.0 Å². The predicted molar refractivity (Wildman–Crippen MR) is 42.4 cm³/mol. The van der Waals surface area contributed by atoms with E-state index in [0.29, 0.717) is 6.54 Å². The Labute approximate surface area is 84.9 Å². The molecule has 0 bridgehead atoms. The third-order valence-corrected chi connectivity index (χ3v) is 0.341. The Hall–Kier alpha value is 0.368. The standard InChI is InChI=1S/C3H9NO.6H2O.Pt/c1-3(5)2-4;;;;;;;/h3,5H,2,4H2,1H3;6*1H2;. The predicted octanol–water partition coefficient (Wildman–Crippen LogP) is -5.62. The first-order chi connectivity index (χ1) is 2.27. The molecule has 0 radical (unpaired) electrons. The van der Waals surface area contributed by atoms with Crippen LogP contribution in [0.25, 0.3) is 0 Å². The van der Waals surface area contributed by atoms with Crippen LogP contribution in [0.4, 0.5) is 0 Å². The first kappa shape index (κ1) is 83.8. The normalized spacial score (nSPS) is 6.25. The van der Waals surface area contributed by atoms with Gasteiger partial charge in [0, 0.05) is 27.6 Å². The number of hydrogen-bond donors (Lipinski definition) is 2. The molecule has 1 atom stereocenters. The van der Waals surface area contributed by atoms with Crippen molar-refractivity contribution in [3.8, 4) is 0 Å². The third-order valence-electron chi connectivity index (χ3n) is 0.341. The number of nitrogens with two attached hydrogens (primary N) is 1. The minimum absolute atomic E-state index is 0. The van der Waals surface area contributed by atoms with Crippen molar-refractivity contribution < 1.29 is 59.0 Å². The van der Waals surface area contributed by atoms with Crippen molar-refractivity contribution in [2.24, 2.45) is 5.73 Å². The van der Waals surface area contributed by atoms with Gasteiger partial charge in [-0.15, -0.1) is 0 Å². The van der Waals surface area contributed by atoms with Gasteiger partial charge in [0.2, 0.25) is 0 Å². The summed E-state index contributed by atoms with van der Waals surface area (Å²) in [5.74, 6) is 0. The number of hydrogen-bond acceptors (Lipinski definition) is 2. The average Bonchev–Trinajstić information content (AvgIpc) is 1.38. The molecule has 0 amide bonds. The first-order valence-electron chi connectivity index (χ1n) is 1.65. The van der Waals surface area contributed by atoms with E-state index in [9.17, 15) is 0 Å². The second kappa shape index (κ2) is 64.0. The van der Waals surface area contributed by atoms with Gasteiger partial charge in [-0.25, -0.2) is 0 Å². The minimum atomic E-state index is -0.338. The number of aliphatic hydroxyl groups is 1. The molecule has 1 unspecified atom stereocenters. The maximum Gasteiger partial charge on any atom is 0.0634 e. The molecule has 0 saturated carbocycles. The molecule has 0 saturated heterocycles. The van der Waals surface area contributed by atoms with E-state index in [0.717, 1.165) is 0 Å². The van der Waals surface area contributed by atoms with E-state index in [4.69, 9.17) is 10.8 Å². The molecule has 0 aromatic carbocycles. The summed E-state index contributed by atoms with van der Waals surface area (Å²) < 4.78 is 0. The molecule has 12 heavy (non-hydrogen) atoms. The summed E-state index contributed by atoms with van der Waals surface area (Å²) in [6.07, 6.45) is -0.338. The molecule has 0 spiro atoms. The summed E-state index contributed by atoms with van der Waals surface area (Å²) in [5, 5.41) is 8.24. The van der Waals surface area contributed by atoms with Gasteiger partial charge in [-0.2, -0.15) is 0 Å². The Morgan fingerprint density at radius 2 is 1.08 bits per heavy atom. The number of aliphatic hydroxyl groups excluding tert-OH is 1. The molecule has 9 heteroatoms. The van der Waals surface area contributed by atoms with E-state index < -0.39 is 0 Å². The summed E-state index contributed by atoms with van der Waals surface area (Å²) in [6, 6.07) is 0. The van der Waals surface area contributed by atoms with Crippen LogP contribution < -0.4 is 5.73 Å². The Kier molecular flexibility index (Phi) is 447. The maximum atomic E-state index is 8.24. The van der Waals surface area contributed by atoms with Gasteiger partial charge in [-0.05, 0) is 6.92 Å². The van der Waals surface area contributed by atoms with Gasteiger partial charge in [0.15, 0.2) is 0 Å². The molecule has 0 aliphatic rings. The van der Waals surface area contributed by atoms with Crippen molar-refractivity contribution >= 4 is 0 Å². The molecule has 0 aromatic heterocycles. The molecule has 0 aliphatic heterocycles. The quantitative estimate of drug-likeness (QED) is 0.454. The van der Waals surface area contributed by atoms with Crippen LogP contribution in [-0.4, -0.2) is 50.6 Å². The SMILES string of the molecule is CC(O)CN.O.O.O.O.O.O.[Pt]. The van der Waals surface area contributed by atoms with Crippen molar-refractivity contribution in [3.63, 3.8) is 0 Å². The Balaban J connectivity index is -0.00000000381. The zero-order chi connectivity index (χ0) is 4.28. The van der Waals surface area contributed by atoms with Crippen LogP contribution in [0.2, 0.25) is 0 Å². The molecule has 0 rings (SSSR count). The minimum Gasteiger partial charge on any atom is -0.412 e. The third kappa shape index (κ3) is 162. The van der Waals surface area contributed by atoms with Gasteiger partial charge < -0.3 is 43.7 Å². The molecule has 0 aliphatic carbocycles. The van der Waals surface area contributed by atoms with Crippen molar-refractivity contribution in [1.82, 2.24) is 0 Å². The van der Waals surface area contributed by atoms with Gasteiger partial charge >= 0.3 is 0 Å². The Morgan fingerprint density at radius 3 is 1.08 bits per heavy atom. The Bertz CT molecular complexity index is 32.6. The van der Waals surface area contributed by atoms with E-state index >= 15 is 0 Å². The Morgan fingerprint density at radius 1 is 1.00 bits per heavy atom. The van der Waals surface area contributed by atoms with Crippen LogP contribution in [0.1, 0.15) is 6.92 Å². The molecule has 90 valence electrons. The summed E-state index contributed by atoms with van der Waals surface area (Å²) >= 11 is 0. The van der Waals surface area contributed by atoms with E-state index in [2.05, 4.69) is 0 Å². The summed E-state index contributed by atoms with van der Waals surface area (Å²) in [5.41, 5.74) is 4.92. The second-order valence-electron chi connectivity index (χ2n) is 1.08. The van der Waals surface area contributed by atoms with Gasteiger partial charge in [0.1, 0.15) is 0 Å². The summed E-state index contributed by atoms with van der Waals surface area (Å²) in [4.78, 5) is 0. The summed E-state index contributed by atoms with van der Waals surface area (Å²) in [6.45, 7) is 2.01. The topological polar surface area (TPSA) is 235 Å². The fourth-order valence-electron chi connectivity index (χ4n) is 0. The summed E-state index contributed by atoms with van der Waals surface area (Å²) in [7, 11) is 0. The first-order valence-corrected chi connectivity index (χ1v) is 1.65. The largest absolute Gasteiger partial charge is 0.412 e. The van der Waals surface area contributed by atoms with E-state index in [-0.39, 0.29) is 60.0 Å². The van der Waals surface area contributed by atoms with Gasteiger partial charge in [-0.1, -0.05) is 0 Å². The molecular weight excluding hydrogens is 357 g/mol. The monoisotopic (exact) mass is 378 g/mol. The van der Waals surface area contributed by atoms with Gasteiger partial charge in [0.05, 0.1) is 6.10 Å². The smallest absolute Gasteiger partial charge is 0.0634 e. The molecular formula is C3H21NO7Pt. The van der Waals surface area contributed by atoms with Crippen molar-refractivity contribution in [3.05, 3.63) is 0 Å². The van der Waals surface area contributed by atoms with Crippen molar-refractivity contribution in [1.29, 1.82) is 0 Å². The van der Waals surface area contributed by atoms with E-state index in [1.807, 2.05) is 0 Å². The van der Waals surface area contributed by atoms with E-state index in [1.54, 1.807) is 6.92 Å². The molecule has 0 heterocycles. The van der Waals surface area contributed by atoms with Crippen molar-refractivity contribution in [2.75, 3.05) is 6.54 Å². The molecule has 0 fully saturated rings. The molecule has 15 N–H and O–H groups in total. The zero-order valence-corrected chi connectivity index (χ0v) is 8.90. The number of rotatable bonds is 1. The van der Waals surface area contributed by atoms with Crippen LogP contribution in [0.3, 0.4) is 0 Å². The molecule has 8 nitrogen and oxygen atoms in total.